The lowest BCUT2D eigenvalue weighted by molar-refractivity contribution is -0.159. The van der Waals surface area contributed by atoms with E-state index in [2.05, 4.69) is 23.1 Å². The van der Waals surface area contributed by atoms with E-state index in [1.807, 2.05) is 72.6 Å². The number of likely N-dealkylation sites (tertiary alicyclic amines) is 1. The number of carbonyl (C=O) groups is 3. The van der Waals surface area contributed by atoms with E-state index in [0.717, 1.165) is 60.7 Å². The predicted octanol–water partition coefficient (Wildman–Crippen LogP) is 4.30. The minimum Gasteiger partial charge on any atom is -0.493 e. The summed E-state index contributed by atoms with van der Waals surface area (Å²) in [4.78, 5) is 35.5. The molecular formula is C31H36N2O7. The SMILES string of the molecule is COc1cc(CN2CCCC(C(=O)N(C)Cc3ccccc3)C2)ccc1OCc1ccccc1.O=C(O)C(=O)O. The minimum absolute atomic E-state index is 0.0397. The number of methoxy groups -OCH3 is 1. The van der Waals surface area contributed by atoms with Gasteiger partial charge in [-0.2, -0.15) is 0 Å². The summed E-state index contributed by atoms with van der Waals surface area (Å²) in [7, 11) is 3.58. The first-order chi connectivity index (χ1) is 19.3. The number of hydrogen-bond donors (Lipinski definition) is 2. The van der Waals surface area contributed by atoms with Gasteiger partial charge in [0.05, 0.1) is 13.0 Å². The fourth-order valence-electron chi connectivity index (χ4n) is 4.57. The van der Waals surface area contributed by atoms with Crippen molar-refractivity contribution in [1.82, 2.24) is 9.80 Å². The number of carbonyl (C=O) groups excluding carboxylic acids is 1. The number of carboxylic acid groups (broad SMARTS) is 2. The van der Waals surface area contributed by atoms with Crippen molar-refractivity contribution >= 4 is 17.8 Å². The van der Waals surface area contributed by atoms with Crippen LogP contribution in [0.4, 0.5) is 0 Å². The van der Waals surface area contributed by atoms with Crippen LogP contribution in [0.3, 0.4) is 0 Å². The molecule has 9 nitrogen and oxygen atoms in total. The largest absolute Gasteiger partial charge is 0.493 e. The van der Waals surface area contributed by atoms with Gasteiger partial charge in [-0.3, -0.25) is 9.69 Å². The highest BCUT2D eigenvalue weighted by Crippen LogP contribution is 2.30. The van der Waals surface area contributed by atoms with Gasteiger partial charge in [-0.1, -0.05) is 66.7 Å². The Labute approximate surface area is 234 Å². The van der Waals surface area contributed by atoms with E-state index in [9.17, 15) is 4.79 Å². The number of hydrogen-bond acceptors (Lipinski definition) is 6. The third-order valence-electron chi connectivity index (χ3n) is 6.55. The number of carboxylic acids is 2. The zero-order valence-electron chi connectivity index (χ0n) is 22.9. The van der Waals surface area contributed by atoms with Crippen LogP contribution in [0.2, 0.25) is 0 Å². The average molecular weight is 549 g/mol. The summed E-state index contributed by atoms with van der Waals surface area (Å²) in [5.41, 5.74) is 3.44. The number of benzene rings is 3. The molecule has 0 bridgehead atoms. The van der Waals surface area contributed by atoms with E-state index in [4.69, 9.17) is 29.3 Å². The summed E-state index contributed by atoms with van der Waals surface area (Å²) in [6.45, 7) is 3.73. The zero-order valence-corrected chi connectivity index (χ0v) is 22.9. The first kappa shape index (κ1) is 30.2. The van der Waals surface area contributed by atoms with Gasteiger partial charge in [-0.25, -0.2) is 9.59 Å². The molecule has 1 aliphatic heterocycles. The van der Waals surface area contributed by atoms with Crippen molar-refractivity contribution in [3.63, 3.8) is 0 Å². The smallest absolute Gasteiger partial charge is 0.414 e. The van der Waals surface area contributed by atoms with Crippen LogP contribution in [0, 0.1) is 5.92 Å². The molecule has 9 heteroatoms. The fourth-order valence-corrected chi connectivity index (χ4v) is 4.57. The summed E-state index contributed by atoms with van der Waals surface area (Å²) in [6.07, 6.45) is 1.98. The van der Waals surface area contributed by atoms with Crippen molar-refractivity contribution in [2.24, 2.45) is 5.92 Å². The van der Waals surface area contributed by atoms with Crippen molar-refractivity contribution in [2.75, 3.05) is 27.2 Å². The summed E-state index contributed by atoms with van der Waals surface area (Å²) < 4.78 is 11.6. The predicted molar refractivity (Wildman–Crippen MR) is 150 cm³/mol. The Balaban J connectivity index is 0.000000663. The first-order valence-electron chi connectivity index (χ1n) is 13.1. The number of amides is 1. The molecule has 1 amide bonds. The first-order valence-corrected chi connectivity index (χ1v) is 13.1. The van der Waals surface area contributed by atoms with E-state index in [0.29, 0.717) is 13.2 Å². The normalized spacial score (nSPS) is 14.8. The van der Waals surface area contributed by atoms with Gasteiger partial charge >= 0.3 is 11.9 Å². The molecule has 40 heavy (non-hydrogen) atoms. The van der Waals surface area contributed by atoms with Gasteiger partial charge in [0.2, 0.25) is 5.91 Å². The van der Waals surface area contributed by atoms with Gasteiger partial charge in [0, 0.05) is 26.7 Å². The molecule has 1 atom stereocenters. The van der Waals surface area contributed by atoms with Gasteiger partial charge in [0.15, 0.2) is 11.5 Å². The second-order valence-electron chi connectivity index (χ2n) is 9.62. The highest BCUT2D eigenvalue weighted by atomic mass is 16.5. The fraction of sp³-hybridized carbons (Fsp3) is 0.323. The quantitative estimate of drug-likeness (QED) is 0.380. The third kappa shape index (κ3) is 9.43. The number of piperidine rings is 1. The molecule has 4 rings (SSSR count). The minimum atomic E-state index is -1.82. The van der Waals surface area contributed by atoms with E-state index in [1.165, 1.54) is 0 Å². The molecule has 0 spiro atoms. The molecule has 1 fully saturated rings. The summed E-state index contributed by atoms with van der Waals surface area (Å²) in [6, 6.07) is 26.4. The number of ether oxygens (including phenoxy) is 2. The molecule has 2 N–H and O–H groups in total. The summed E-state index contributed by atoms with van der Waals surface area (Å²) in [5, 5.41) is 14.8. The lowest BCUT2D eigenvalue weighted by atomic mass is 9.96. The lowest BCUT2D eigenvalue weighted by Gasteiger charge is -2.34. The average Bonchev–Trinajstić information content (AvgIpc) is 2.97. The Morgan fingerprint density at radius 1 is 0.875 bits per heavy atom. The Morgan fingerprint density at radius 2 is 1.50 bits per heavy atom. The van der Waals surface area contributed by atoms with Crippen LogP contribution in [0.15, 0.2) is 78.9 Å². The van der Waals surface area contributed by atoms with Crippen LogP contribution in [0.5, 0.6) is 11.5 Å². The highest BCUT2D eigenvalue weighted by molar-refractivity contribution is 6.27. The van der Waals surface area contributed by atoms with E-state index >= 15 is 0 Å². The van der Waals surface area contributed by atoms with Crippen LogP contribution in [-0.4, -0.2) is 65.1 Å². The molecule has 3 aromatic rings. The van der Waals surface area contributed by atoms with Crippen molar-refractivity contribution in [3.8, 4) is 11.5 Å². The van der Waals surface area contributed by atoms with E-state index < -0.39 is 11.9 Å². The molecular weight excluding hydrogens is 512 g/mol. The molecule has 3 aromatic carbocycles. The molecule has 0 radical (unpaired) electrons. The molecule has 0 aliphatic carbocycles. The number of rotatable bonds is 9. The van der Waals surface area contributed by atoms with Crippen LogP contribution in [-0.2, 0) is 34.1 Å². The standard InChI is InChI=1S/C29H34N2O3.C2H2O4/c1-30(19-23-10-5-3-6-11-23)29(32)26-14-9-17-31(21-26)20-25-15-16-27(28(18-25)33-2)34-22-24-12-7-4-8-13-24;3-1(4)2(5)6/h3-8,10-13,15-16,18,26H,9,14,17,19-22H2,1-2H3;(H,3,4)(H,5,6). The number of aliphatic carboxylic acids is 2. The molecule has 0 saturated carbocycles. The number of nitrogens with zero attached hydrogens (tertiary/aromatic N) is 2. The Morgan fingerprint density at radius 3 is 2.10 bits per heavy atom. The third-order valence-corrected chi connectivity index (χ3v) is 6.55. The topological polar surface area (TPSA) is 117 Å². The van der Waals surface area contributed by atoms with E-state index in [-0.39, 0.29) is 11.8 Å². The Kier molecular flexibility index (Phi) is 11.5. The molecule has 1 unspecified atom stereocenters. The van der Waals surface area contributed by atoms with Crippen molar-refractivity contribution < 1.29 is 34.1 Å². The van der Waals surface area contributed by atoms with Crippen molar-refractivity contribution in [1.29, 1.82) is 0 Å². The molecule has 1 aliphatic rings. The second kappa shape index (κ2) is 15.3. The molecule has 1 saturated heterocycles. The van der Waals surface area contributed by atoms with Gasteiger partial charge in [0.1, 0.15) is 6.61 Å². The second-order valence-corrected chi connectivity index (χ2v) is 9.62. The molecule has 1 heterocycles. The van der Waals surface area contributed by atoms with Gasteiger partial charge in [-0.05, 0) is 48.2 Å². The lowest BCUT2D eigenvalue weighted by Crippen LogP contribution is -2.43. The van der Waals surface area contributed by atoms with Crippen LogP contribution in [0.1, 0.15) is 29.5 Å². The molecule has 0 aromatic heterocycles. The van der Waals surface area contributed by atoms with Crippen LogP contribution in [0.25, 0.3) is 0 Å². The molecule has 212 valence electrons. The van der Waals surface area contributed by atoms with Crippen LogP contribution >= 0.6 is 0 Å². The van der Waals surface area contributed by atoms with E-state index in [1.54, 1.807) is 7.11 Å². The Hall–Kier alpha value is -4.37. The Bertz CT molecular complexity index is 1240. The van der Waals surface area contributed by atoms with Crippen LogP contribution < -0.4 is 9.47 Å². The highest BCUT2D eigenvalue weighted by Gasteiger charge is 2.28. The van der Waals surface area contributed by atoms with Crippen molar-refractivity contribution in [2.45, 2.75) is 32.5 Å². The summed E-state index contributed by atoms with van der Waals surface area (Å²) in [5.74, 6) is -1.90. The zero-order chi connectivity index (χ0) is 28.9. The summed E-state index contributed by atoms with van der Waals surface area (Å²) >= 11 is 0. The van der Waals surface area contributed by atoms with Gasteiger partial charge in [-0.15, -0.1) is 0 Å². The van der Waals surface area contributed by atoms with Crippen molar-refractivity contribution in [3.05, 3.63) is 95.6 Å². The van der Waals surface area contributed by atoms with Gasteiger partial charge in [0.25, 0.3) is 0 Å². The maximum atomic E-state index is 13.1. The maximum Gasteiger partial charge on any atom is 0.414 e. The maximum absolute atomic E-state index is 13.1. The monoisotopic (exact) mass is 548 g/mol. The van der Waals surface area contributed by atoms with Gasteiger partial charge < -0.3 is 24.6 Å².